The van der Waals surface area contributed by atoms with Crippen molar-refractivity contribution in [3.8, 4) is 0 Å². The lowest BCUT2D eigenvalue weighted by Crippen LogP contribution is -2.13. The lowest BCUT2D eigenvalue weighted by Gasteiger charge is -2.09. The number of amides is 1. The molecule has 0 atom stereocenters. The van der Waals surface area contributed by atoms with Gasteiger partial charge in [0, 0.05) is 23.8 Å². The molecule has 0 aliphatic rings. The molecule has 26 heavy (non-hydrogen) atoms. The number of carbonyl (C=O) groups is 1. The number of hydrogen-bond acceptors (Lipinski definition) is 6. The lowest BCUT2D eigenvalue weighted by molar-refractivity contribution is 0.102. The largest absolute Gasteiger partial charge is 0.322 e. The number of anilines is 1. The van der Waals surface area contributed by atoms with Crippen LogP contribution in [0.2, 0.25) is 0 Å². The van der Waals surface area contributed by atoms with Crippen LogP contribution in [0.1, 0.15) is 10.4 Å². The molecule has 0 spiro atoms. The first kappa shape index (κ1) is 18.3. The minimum Gasteiger partial charge on any atom is -0.322 e. The van der Waals surface area contributed by atoms with Gasteiger partial charge in [0.05, 0.1) is 5.56 Å². The normalized spacial score (nSPS) is 10.9. The number of pyridine rings is 1. The predicted molar refractivity (Wildman–Crippen MR) is 95.6 cm³/mol. The molecule has 10 heteroatoms. The summed E-state index contributed by atoms with van der Waals surface area (Å²) in [6.07, 6.45) is 2.99. The molecule has 3 rings (SSSR count). The SMILES string of the molecule is Cn1cnnc1Sc1ccc(NC(=O)c2cccnc2SC(F)F)cc1. The first-order valence-electron chi connectivity index (χ1n) is 7.36. The van der Waals surface area contributed by atoms with Crippen LogP contribution in [0.4, 0.5) is 14.5 Å². The van der Waals surface area contributed by atoms with Crippen LogP contribution < -0.4 is 5.32 Å². The average molecular weight is 393 g/mol. The van der Waals surface area contributed by atoms with Gasteiger partial charge in [-0.05, 0) is 59.9 Å². The molecule has 0 fully saturated rings. The fourth-order valence-electron chi connectivity index (χ4n) is 2.02. The molecule has 0 aliphatic heterocycles. The molecule has 0 aliphatic carbocycles. The van der Waals surface area contributed by atoms with Crippen LogP contribution in [0.25, 0.3) is 0 Å². The number of aromatic nitrogens is 4. The Morgan fingerprint density at radius 2 is 2.00 bits per heavy atom. The predicted octanol–water partition coefficient (Wildman–Crippen LogP) is 3.93. The molecule has 3 aromatic rings. The van der Waals surface area contributed by atoms with Crippen LogP contribution in [0.15, 0.2) is 64.0 Å². The number of nitrogens with zero attached hydrogens (tertiary/aromatic N) is 4. The maximum atomic E-state index is 12.6. The highest BCUT2D eigenvalue weighted by atomic mass is 32.2. The second-order valence-corrected chi connectivity index (χ2v) is 7.06. The van der Waals surface area contributed by atoms with Gasteiger partial charge in [0.2, 0.25) is 0 Å². The van der Waals surface area contributed by atoms with E-state index in [4.69, 9.17) is 0 Å². The van der Waals surface area contributed by atoms with Crippen molar-refractivity contribution in [1.82, 2.24) is 19.7 Å². The highest BCUT2D eigenvalue weighted by Gasteiger charge is 2.16. The highest BCUT2D eigenvalue weighted by Crippen LogP contribution is 2.28. The number of hydrogen-bond donors (Lipinski definition) is 1. The smallest absolute Gasteiger partial charge is 0.290 e. The van der Waals surface area contributed by atoms with Crippen molar-refractivity contribution in [3.63, 3.8) is 0 Å². The van der Waals surface area contributed by atoms with Gasteiger partial charge in [-0.15, -0.1) is 10.2 Å². The number of carbonyl (C=O) groups excluding carboxylic acids is 1. The van der Waals surface area contributed by atoms with Gasteiger partial charge in [-0.3, -0.25) is 4.79 Å². The summed E-state index contributed by atoms with van der Waals surface area (Å²) < 4.78 is 27.0. The number of halogens is 2. The van der Waals surface area contributed by atoms with E-state index >= 15 is 0 Å². The molecule has 1 amide bonds. The highest BCUT2D eigenvalue weighted by molar-refractivity contribution is 7.99. The maximum Gasteiger partial charge on any atom is 0.290 e. The van der Waals surface area contributed by atoms with Gasteiger partial charge in [0.1, 0.15) is 11.4 Å². The van der Waals surface area contributed by atoms with Crippen molar-refractivity contribution in [2.24, 2.45) is 7.05 Å². The topological polar surface area (TPSA) is 72.7 Å². The third-order valence-electron chi connectivity index (χ3n) is 3.21. The lowest BCUT2D eigenvalue weighted by atomic mass is 10.2. The Balaban J connectivity index is 1.69. The number of rotatable bonds is 6. The van der Waals surface area contributed by atoms with Gasteiger partial charge in [-0.1, -0.05) is 0 Å². The zero-order valence-electron chi connectivity index (χ0n) is 13.5. The van der Waals surface area contributed by atoms with E-state index in [1.807, 2.05) is 19.2 Å². The van der Waals surface area contributed by atoms with E-state index in [0.29, 0.717) is 5.69 Å². The van der Waals surface area contributed by atoms with Crippen molar-refractivity contribution in [2.45, 2.75) is 20.8 Å². The second-order valence-electron chi connectivity index (χ2n) is 5.04. The summed E-state index contributed by atoms with van der Waals surface area (Å²) in [7, 11) is 1.85. The van der Waals surface area contributed by atoms with Gasteiger partial charge in [-0.25, -0.2) is 4.98 Å². The third-order valence-corrected chi connectivity index (χ3v) is 4.99. The van der Waals surface area contributed by atoms with Crippen molar-refractivity contribution in [3.05, 3.63) is 54.5 Å². The summed E-state index contributed by atoms with van der Waals surface area (Å²) in [6.45, 7) is 0. The van der Waals surface area contributed by atoms with E-state index in [9.17, 15) is 13.6 Å². The van der Waals surface area contributed by atoms with Crippen LogP contribution >= 0.6 is 23.5 Å². The summed E-state index contributed by atoms with van der Waals surface area (Å²) >= 11 is 1.68. The molecule has 134 valence electrons. The molecule has 6 nitrogen and oxygen atoms in total. The summed E-state index contributed by atoms with van der Waals surface area (Å²) in [4.78, 5) is 17.1. The zero-order chi connectivity index (χ0) is 18.5. The fraction of sp³-hybridized carbons (Fsp3) is 0.125. The van der Waals surface area contributed by atoms with Crippen molar-refractivity contribution < 1.29 is 13.6 Å². The first-order valence-corrected chi connectivity index (χ1v) is 9.05. The quantitative estimate of drug-likeness (QED) is 0.640. The summed E-state index contributed by atoms with van der Waals surface area (Å²) in [5, 5.41) is 11.2. The van der Waals surface area contributed by atoms with Gasteiger partial charge in [0.25, 0.3) is 11.7 Å². The Hall–Kier alpha value is -2.46. The van der Waals surface area contributed by atoms with Crippen LogP contribution in [0.3, 0.4) is 0 Å². The van der Waals surface area contributed by atoms with Crippen molar-refractivity contribution in [1.29, 1.82) is 0 Å². The molecule has 0 bridgehead atoms. The Bertz CT molecular complexity index is 902. The van der Waals surface area contributed by atoms with Crippen LogP contribution in [-0.2, 0) is 7.05 Å². The van der Waals surface area contributed by atoms with Crippen LogP contribution in [0.5, 0.6) is 0 Å². The van der Waals surface area contributed by atoms with Crippen molar-refractivity contribution in [2.75, 3.05) is 5.32 Å². The molecule has 0 radical (unpaired) electrons. The van der Waals surface area contributed by atoms with Crippen LogP contribution in [-0.4, -0.2) is 31.4 Å². The van der Waals surface area contributed by atoms with Gasteiger partial charge < -0.3 is 9.88 Å². The molecule has 2 heterocycles. The standard InChI is InChI=1S/C16H13F2N5OS2/c1-23-9-20-22-16(23)25-11-6-4-10(5-7-11)21-13(24)12-3-2-8-19-14(12)26-15(17)18/h2-9,15H,1H3,(H,21,24). The molecular weight excluding hydrogens is 380 g/mol. The molecule has 0 saturated carbocycles. The number of nitrogens with one attached hydrogen (secondary N) is 1. The Kier molecular flexibility index (Phi) is 5.84. The number of aryl methyl sites for hydroxylation is 1. The van der Waals surface area contributed by atoms with E-state index in [1.54, 1.807) is 23.0 Å². The molecule has 1 N–H and O–H groups in total. The van der Waals surface area contributed by atoms with Crippen LogP contribution in [0, 0.1) is 0 Å². The Labute approximate surface area is 156 Å². The van der Waals surface area contributed by atoms with E-state index in [2.05, 4.69) is 20.5 Å². The van der Waals surface area contributed by atoms with E-state index in [-0.39, 0.29) is 22.4 Å². The minimum absolute atomic E-state index is 0.00513. The second kappa shape index (κ2) is 8.28. The fourth-order valence-corrected chi connectivity index (χ4v) is 3.36. The van der Waals surface area contributed by atoms with E-state index in [1.165, 1.54) is 30.1 Å². The zero-order valence-corrected chi connectivity index (χ0v) is 15.1. The van der Waals surface area contributed by atoms with Gasteiger partial charge in [-0.2, -0.15) is 8.78 Å². The molecule has 0 unspecified atom stereocenters. The molecule has 0 saturated heterocycles. The van der Waals surface area contributed by atoms with E-state index in [0.717, 1.165) is 10.1 Å². The van der Waals surface area contributed by atoms with E-state index < -0.39 is 11.7 Å². The Morgan fingerprint density at radius 1 is 1.23 bits per heavy atom. The summed E-state index contributed by atoms with van der Waals surface area (Å²) in [5.74, 6) is -3.14. The summed E-state index contributed by atoms with van der Waals surface area (Å²) in [6, 6.07) is 10.1. The number of benzene rings is 1. The maximum absolute atomic E-state index is 12.6. The molecule has 2 aromatic heterocycles. The molecular formula is C16H13F2N5OS2. The van der Waals surface area contributed by atoms with Gasteiger partial charge in [0.15, 0.2) is 5.16 Å². The molecule has 1 aromatic carbocycles. The monoisotopic (exact) mass is 393 g/mol. The first-order chi connectivity index (χ1) is 12.5. The number of alkyl halides is 2. The van der Waals surface area contributed by atoms with Crippen molar-refractivity contribution >= 4 is 35.1 Å². The van der Waals surface area contributed by atoms with Gasteiger partial charge >= 0.3 is 0 Å². The number of thioether (sulfide) groups is 1. The summed E-state index contributed by atoms with van der Waals surface area (Å²) in [5.41, 5.74) is 0.657. The third kappa shape index (κ3) is 4.58. The Morgan fingerprint density at radius 3 is 2.65 bits per heavy atom. The average Bonchev–Trinajstić information content (AvgIpc) is 3.01. The minimum atomic E-state index is -2.65.